The summed E-state index contributed by atoms with van der Waals surface area (Å²) < 4.78 is 0. The van der Waals surface area contributed by atoms with Gasteiger partial charge < -0.3 is 15.1 Å². The molecular weight excluding hydrogens is 300 g/mol. The number of nitrogens with zero attached hydrogens (tertiary/aromatic N) is 3. The summed E-state index contributed by atoms with van der Waals surface area (Å²) >= 11 is 0. The Balaban J connectivity index is 1.66. The van der Waals surface area contributed by atoms with E-state index in [-0.39, 0.29) is 6.03 Å². The summed E-state index contributed by atoms with van der Waals surface area (Å²) in [5, 5.41) is 3.09. The quantitative estimate of drug-likeness (QED) is 0.925. The van der Waals surface area contributed by atoms with Gasteiger partial charge in [0.2, 0.25) is 0 Å². The molecule has 0 spiro atoms. The van der Waals surface area contributed by atoms with Crippen LogP contribution in [0.4, 0.5) is 16.2 Å². The van der Waals surface area contributed by atoms with E-state index in [4.69, 9.17) is 0 Å². The number of likely N-dealkylation sites (N-methyl/N-ethyl adjacent to an activating group) is 1. The predicted octanol–water partition coefficient (Wildman–Crippen LogP) is 3.23. The first-order valence-electron chi connectivity index (χ1n) is 9.06. The van der Waals surface area contributed by atoms with E-state index in [0.717, 1.165) is 30.9 Å². The fourth-order valence-corrected chi connectivity index (χ4v) is 3.80. The first-order chi connectivity index (χ1) is 11.5. The maximum Gasteiger partial charge on any atom is 0.321 e. The van der Waals surface area contributed by atoms with E-state index in [9.17, 15) is 4.79 Å². The lowest BCUT2D eigenvalue weighted by Gasteiger charge is -2.27. The number of amides is 2. The summed E-state index contributed by atoms with van der Waals surface area (Å²) in [7, 11) is 4.28. The highest BCUT2D eigenvalue weighted by Crippen LogP contribution is 2.29. The van der Waals surface area contributed by atoms with Crippen molar-refractivity contribution in [2.45, 2.75) is 51.2 Å². The summed E-state index contributed by atoms with van der Waals surface area (Å²) in [4.78, 5) is 19.4. The van der Waals surface area contributed by atoms with E-state index in [1.807, 2.05) is 23.1 Å². The molecule has 0 aromatic heterocycles. The van der Waals surface area contributed by atoms with Crippen LogP contribution in [0.25, 0.3) is 0 Å². The molecule has 0 aliphatic carbocycles. The molecule has 2 heterocycles. The fourth-order valence-electron chi connectivity index (χ4n) is 3.80. The number of hydrogen-bond donors (Lipinski definition) is 1. The van der Waals surface area contributed by atoms with Gasteiger partial charge in [0, 0.05) is 49.6 Å². The minimum Gasteiger partial charge on any atom is -0.372 e. The molecule has 1 N–H and O–H groups in total. The highest BCUT2D eigenvalue weighted by atomic mass is 16.2. The summed E-state index contributed by atoms with van der Waals surface area (Å²) in [5.74, 6) is 0. The Kier molecular flexibility index (Phi) is 4.99. The smallest absolute Gasteiger partial charge is 0.321 e. The van der Waals surface area contributed by atoms with Crippen molar-refractivity contribution in [3.8, 4) is 0 Å². The van der Waals surface area contributed by atoms with Gasteiger partial charge >= 0.3 is 6.03 Å². The molecule has 2 unspecified atom stereocenters. The Morgan fingerprint density at radius 1 is 1.25 bits per heavy atom. The first kappa shape index (κ1) is 17.1. The number of hydrogen-bond acceptors (Lipinski definition) is 3. The molecule has 0 saturated carbocycles. The summed E-state index contributed by atoms with van der Waals surface area (Å²) in [6.07, 6.45) is 3.57. The minimum absolute atomic E-state index is 0.0281. The molecule has 1 aromatic carbocycles. The molecule has 132 valence electrons. The highest BCUT2D eigenvalue weighted by molar-refractivity contribution is 5.90. The molecule has 2 aliphatic heterocycles. The van der Waals surface area contributed by atoms with Gasteiger partial charge in [-0.2, -0.15) is 0 Å². The number of fused-ring (bicyclic) bond motifs is 2. The summed E-state index contributed by atoms with van der Waals surface area (Å²) in [6.45, 7) is 6.01. The summed E-state index contributed by atoms with van der Waals surface area (Å²) in [6, 6.07) is 9.71. The lowest BCUT2D eigenvalue weighted by atomic mass is 10.1. The monoisotopic (exact) mass is 330 g/mol. The third-order valence-corrected chi connectivity index (χ3v) is 5.71. The third kappa shape index (κ3) is 3.51. The van der Waals surface area contributed by atoms with E-state index < -0.39 is 0 Å². The number of carbonyl (C=O) groups excluding carboxylic acids is 1. The van der Waals surface area contributed by atoms with Gasteiger partial charge in [-0.25, -0.2) is 4.79 Å². The Morgan fingerprint density at radius 2 is 2.00 bits per heavy atom. The topological polar surface area (TPSA) is 38.8 Å². The van der Waals surface area contributed by atoms with Crippen molar-refractivity contribution in [3.05, 3.63) is 24.3 Å². The molecule has 5 heteroatoms. The Hall–Kier alpha value is -1.75. The van der Waals surface area contributed by atoms with Gasteiger partial charge in [-0.3, -0.25) is 4.90 Å². The van der Waals surface area contributed by atoms with Crippen molar-refractivity contribution in [1.29, 1.82) is 0 Å². The maximum atomic E-state index is 12.7. The normalized spacial score (nSPS) is 24.1. The third-order valence-electron chi connectivity index (χ3n) is 5.71. The number of benzene rings is 1. The van der Waals surface area contributed by atoms with Gasteiger partial charge in [-0.05, 0) is 58.4 Å². The zero-order valence-electron chi connectivity index (χ0n) is 15.3. The second-order valence-electron chi connectivity index (χ2n) is 7.47. The molecule has 24 heavy (non-hydrogen) atoms. The van der Waals surface area contributed by atoms with Crippen LogP contribution in [0.5, 0.6) is 0 Å². The van der Waals surface area contributed by atoms with Gasteiger partial charge in [0.25, 0.3) is 0 Å². The van der Waals surface area contributed by atoms with E-state index in [1.54, 1.807) is 0 Å². The van der Waals surface area contributed by atoms with E-state index in [1.165, 1.54) is 12.8 Å². The van der Waals surface area contributed by atoms with Gasteiger partial charge in [0.15, 0.2) is 0 Å². The molecule has 2 fully saturated rings. The van der Waals surface area contributed by atoms with Crippen molar-refractivity contribution in [3.63, 3.8) is 0 Å². The number of anilines is 2. The molecule has 2 saturated heterocycles. The van der Waals surface area contributed by atoms with Crippen LogP contribution in [0.15, 0.2) is 24.3 Å². The second kappa shape index (κ2) is 7.01. The minimum atomic E-state index is 0.0281. The Bertz CT molecular complexity index is 588. The molecule has 2 aliphatic rings. The molecule has 0 radical (unpaired) electrons. The Morgan fingerprint density at radius 3 is 2.75 bits per heavy atom. The number of likely N-dealkylation sites (tertiary alicyclic amines) is 1. The Labute approximate surface area is 145 Å². The molecule has 1 aromatic rings. The molecule has 5 nitrogen and oxygen atoms in total. The molecule has 2 bridgehead atoms. The zero-order valence-corrected chi connectivity index (χ0v) is 15.3. The number of rotatable bonds is 3. The van der Waals surface area contributed by atoms with Crippen LogP contribution >= 0.6 is 0 Å². The SMILES string of the molecule is CC(C)N(C)c1cccc(NC(=O)N2CCC3CCC(C2)N3C)c1. The van der Waals surface area contributed by atoms with Gasteiger partial charge in [-0.15, -0.1) is 0 Å². The second-order valence-corrected chi connectivity index (χ2v) is 7.47. The van der Waals surface area contributed by atoms with Gasteiger partial charge in [0.1, 0.15) is 0 Å². The first-order valence-corrected chi connectivity index (χ1v) is 9.06. The number of carbonyl (C=O) groups is 1. The predicted molar refractivity (Wildman–Crippen MR) is 99.8 cm³/mol. The number of nitrogens with one attached hydrogen (secondary N) is 1. The standard InChI is InChI=1S/C19H30N4O/c1-14(2)21(3)17-7-5-6-15(12-17)20-19(24)23-11-10-16-8-9-18(13-23)22(16)4/h5-7,12,14,16,18H,8-11,13H2,1-4H3,(H,20,24). The average Bonchev–Trinajstić information content (AvgIpc) is 2.79. The number of urea groups is 1. The molecular formula is C19H30N4O. The van der Waals surface area contributed by atoms with Crippen molar-refractivity contribution in [2.75, 3.05) is 37.4 Å². The van der Waals surface area contributed by atoms with Crippen LogP contribution in [0, 0.1) is 0 Å². The highest BCUT2D eigenvalue weighted by Gasteiger charge is 2.35. The van der Waals surface area contributed by atoms with E-state index in [0.29, 0.717) is 18.1 Å². The van der Waals surface area contributed by atoms with Crippen molar-refractivity contribution in [1.82, 2.24) is 9.80 Å². The van der Waals surface area contributed by atoms with Gasteiger partial charge in [0.05, 0.1) is 0 Å². The summed E-state index contributed by atoms with van der Waals surface area (Å²) in [5.41, 5.74) is 1.99. The van der Waals surface area contributed by atoms with Crippen LogP contribution in [-0.2, 0) is 0 Å². The van der Waals surface area contributed by atoms with Crippen molar-refractivity contribution >= 4 is 17.4 Å². The lowest BCUT2D eigenvalue weighted by Crippen LogP contribution is -2.41. The molecule has 3 rings (SSSR count). The largest absolute Gasteiger partial charge is 0.372 e. The van der Waals surface area contributed by atoms with Crippen molar-refractivity contribution < 1.29 is 4.79 Å². The average molecular weight is 330 g/mol. The van der Waals surface area contributed by atoms with Crippen LogP contribution in [0.2, 0.25) is 0 Å². The van der Waals surface area contributed by atoms with Crippen LogP contribution in [0.3, 0.4) is 0 Å². The van der Waals surface area contributed by atoms with Gasteiger partial charge in [-0.1, -0.05) is 6.07 Å². The van der Waals surface area contributed by atoms with Crippen LogP contribution in [0.1, 0.15) is 33.1 Å². The molecule has 2 amide bonds. The van der Waals surface area contributed by atoms with Crippen LogP contribution in [-0.4, -0.2) is 61.1 Å². The fraction of sp³-hybridized carbons (Fsp3) is 0.632. The zero-order chi connectivity index (χ0) is 17.3. The van der Waals surface area contributed by atoms with E-state index in [2.05, 4.69) is 49.1 Å². The lowest BCUT2D eigenvalue weighted by molar-refractivity contribution is 0.200. The molecule has 2 atom stereocenters. The maximum absolute atomic E-state index is 12.7. The van der Waals surface area contributed by atoms with Crippen LogP contribution < -0.4 is 10.2 Å². The van der Waals surface area contributed by atoms with E-state index >= 15 is 0 Å². The van der Waals surface area contributed by atoms with Crippen molar-refractivity contribution in [2.24, 2.45) is 0 Å².